The molecule has 2 aromatic carbocycles. The van der Waals surface area contributed by atoms with Crippen LogP contribution in [-0.2, 0) is 80.0 Å². The molecule has 6 rings (SSSR count). The van der Waals surface area contributed by atoms with Crippen LogP contribution in [0.3, 0.4) is 0 Å². The van der Waals surface area contributed by atoms with Crippen LogP contribution < -0.4 is 64.6 Å². The lowest BCUT2D eigenvalue weighted by Gasteiger charge is -2.33. The van der Waals surface area contributed by atoms with Gasteiger partial charge < -0.3 is 94.7 Å². The highest BCUT2D eigenvalue weighted by Gasteiger charge is 2.46. The van der Waals surface area contributed by atoms with Crippen LogP contribution in [0.1, 0.15) is 138 Å². The second kappa shape index (κ2) is 40.7. The number of nitrogens with one attached hydrogen (secondary N) is 10. The molecule has 0 aromatic heterocycles. The molecule has 4 fully saturated rings. The fourth-order valence-electron chi connectivity index (χ4n) is 13.1. The van der Waals surface area contributed by atoms with Gasteiger partial charge in [0.05, 0.1) is 0 Å². The Balaban J connectivity index is 1.40. The standard InChI is InChI=1S/C71H107N15O17S2/c1-10-40(8)58(71(102)103)83-62(93)47(29-38(4)5)76-63(94)51(33-72)80-65(96)53-35-104-105-36-54(74-41(9)87)69(100)86-27-13-16-57(86)70(101)85-26-12-15-56(85)66(97)78-49(32-43-19-23-45(89)24-20-43)61(92)79-50(30-39(6)7)68(99)84-25-11-14-55(84)67(98)81-52(34-73)64(95)77-48(31-42-17-21-44(88)22-18-42)60(91)75-46(28-37(2)3)59(90)82-53/h17-24,37-40,46-58,88-89H,10-16,25-36,72-73H2,1-9H3,(H,74,87)(H,75,91)(H,76,94)(H,77,95)(H,78,97)(H,79,92)(H,80,96)(H,81,98)(H,82,90)(H,83,93)(H,102,103)/t40-,46-,47-,48-,49-,50-,51-,52-,53-,54-,55-,56-,57-,58-/m0/s1. The first-order valence-electron chi connectivity index (χ1n) is 36.1. The Hall–Kier alpha value is -8.76. The third-order valence-corrected chi connectivity index (χ3v) is 21.3. The van der Waals surface area contributed by atoms with Crippen molar-refractivity contribution < 1.29 is 82.4 Å². The molecule has 4 aliphatic heterocycles. The minimum absolute atomic E-state index is 0.0396. The number of aliphatic carboxylic acids is 1. The SMILES string of the molecule is CC[C@H](C)[C@H](NC(=O)[C@H](CC(C)C)NC(=O)[C@H](CN)NC(=O)[C@@H]1CSSC[C@H](NC(C)=O)C(=O)N2CCC[C@H]2C(=O)N2CCC[C@H]2C(=O)N[C@@H](Cc2ccc(O)cc2)C(=O)N[C@@H](CC(C)C)C(=O)N2CCC[C@H]2C(=O)N[C@@H](CN)C(=O)N[C@@H](Cc2ccc(O)cc2)C(=O)N[C@@H](CC(C)C)C(=O)N1)C(=O)O. The molecule has 34 heteroatoms. The van der Waals surface area contributed by atoms with Crippen LogP contribution in [0.25, 0.3) is 0 Å². The first-order valence-corrected chi connectivity index (χ1v) is 38.6. The Bertz CT molecular complexity index is 3410. The Kier molecular flexibility index (Phi) is 33.0. The summed E-state index contributed by atoms with van der Waals surface area (Å²) in [6.45, 7) is 14.5. The van der Waals surface area contributed by atoms with E-state index < -0.39 is 180 Å². The van der Waals surface area contributed by atoms with Crippen molar-refractivity contribution in [2.45, 2.75) is 218 Å². The molecule has 14 atom stereocenters. The summed E-state index contributed by atoms with van der Waals surface area (Å²) in [6, 6.07) is -6.09. The van der Waals surface area contributed by atoms with Gasteiger partial charge in [-0.25, -0.2) is 4.79 Å². The number of hydrogen-bond acceptors (Lipinski definition) is 20. The average molecular weight is 1510 g/mol. The highest BCUT2D eigenvalue weighted by atomic mass is 33.1. The van der Waals surface area contributed by atoms with E-state index in [1.165, 1.54) is 58.0 Å². The molecule has 0 spiro atoms. The zero-order valence-corrected chi connectivity index (χ0v) is 62.9. The highest BCUT2D eigenvalue weighted by Crippen LogP contribution is 2.30. The van der Waals surface area contributed by atoms with E-state index >= 15 is 0 Å². The van der Waals surface area contributed by atoms with E-state index in [2.05, 4.69) is 53.2 Å². The number of carboxylic acid groups (broad SMARTS) is 1. The number of aromatic hydroxyl groups is 2. The maximum atomic E-state index is 14.9. The molecule has 13 amide bonds. The van der Waals surface area contributed by atoms with Gasteiger partial charge in [0, 0.05) is 64.0 Å². The topological polar surface area (TPSA) is 482 Å². The summed E-state index contributed by atoms with van der Waals surface area (Å²) in [6.07, 6.45) is 1.58. The van der Waals surface area contributed by atoms with E-state index in [1.807, 2.05) is 13.8 Å². The number of carbonyl (C=O) groups excluding carboxylic acids is 13. The van der Waals surface area contributed by atoms with Gasteiger partial charge in [-0.2, -0.15) is 0 Å². The van der Waals surface area contributed by atoms with Gasteiger partial charge in [0.25, 0.3) is 0 Å². The number of phenolic OH excluding ortho intramolecular Hbond substituents is 2. The minimum atomic E-state index is -1.61. The average Bonchev–Trinajstić information content (AvgIpc) is 1.67. The van der Waals surface area contributed by atoms with Crippen LogP contribution in [0.2, 0.25) is 0 Å². The summed E-state index contributed by atoms with van der Waals surface area (Å²) in [4.78, 5) is 205. The van der Waals surface area contributed by atoms with Gasteiger partial charge in [-0.05, 0) is 117 Å². The maximum absolute atomic E-state index is 14.9. The normalized spacial score (nSPS) is 25.1. The fourth-order valence-corrected chi connectivity index (χ4v) is 15.5. The molecule has 2 aromatic rings. The summed E-state index contributed by atoms with van der Waals surface area (Å²) < 4.78 is 0. The van der Waals surface area contributed by atoms with E-state index in [4.69, 9.17) is 11.5 Å². The first-order chi connectivity index (χ1) is 49.7. The Morgan fingerprint density at radius 2 is 0.962 bits per heavy atom. The van der Waals surface area contributed by atoms with Gasteiger partial charge in [-0.3, -0.25) is 62.3 Å². The van der Waals surface area contributed by atoms with Gasteiger partial charge in [-0.1, -0.05) is 108 Å². The molecule has 0 aliphatic carbocycles. The summed E-state index contributed by atoms with van der Waals surface area (Å²) in [7, 11) is 1.95. The minimum Gasteiger partial charge on any atom is -0.508 e. The van der Waals surface area contributed by atoms with Crippen molar-refractivity contribution in [3.8, 4) is 11.5 Å². The van der Waals surface area contributed by atoms with Crippen molar-refractivity contribution in [1.82, 2.24) is 67.9 Å². The number of hydrogen-bond donors (Lipinski definition) is 15. The maximum Gasteiger partial charge on any atom is 0.326 e. The number of phenols is 2. The van der Waals surface area contributed by atoms with Crippen LogP contribution in [0.4, 0.5) is 0 Å². The predicted molar refractivity (Wildman–Crippen MR) is 391 cm³/mol. The van der Waals surface area contributed by atoms with Crippen LogP contribution in [0.5, 0.6) is 11.5 Å². The van der Waals surface area contributed by atoms with Crippen LogP contribution in [0, 0.1) is 23.7 Å². The van der Waals surface area contributed by atoms with E-state index in [9.17, 15) is 82.4 Å². The van der Waals surface area contributed by atoms with E-state index in [0.29, 0.717) is 36.8 Å². The largest absolute Gasteiger partial charge is 0.508 e. The molecule has 105 heavy (non-hydrogen) atoms. The quantitative estimate of drug-likeness (QED) is 0.0649. The molecule has 0 radical (unpaired) electrons. The lowest BCUT2D eigenvalue weighted by Crippen LogP contribution is -2.62. The monoisotopic (exact) mass is 1510 g/mol. The number of benzene rings is 2. The lowest BCUT2D eigenvalue weighted by atomic mass is 9.97. The third-order valence-electron chi connectivity index (χ3n) is 18.9. The number of amides is 13. The molecule has 32 nitrogen and oxygen atoms in total. The third kappa shape index (κ3) is 24.9. The summed E-state index contributed by atoms with van der Waals surface area (Å²) in [5.41, 5.74) is 13.3. The van der Waals surface area contributed by atoms with Gasteiger partial charge in [0.1, 0.15) is 90.0 Å². The summed E-state index contributed by atoms with van der Waals surface area (Å²) in [5, 5.41) is 57.1. The Morgan fingerprint density at radius 3 is 1.45 bits per heavy atom. The summed E-state index contributed by atoms with van der Waals surface area (Å²) >= 11 is 0. The molecule has 0 saturated carbocycles. The Labute approximate surface area is 620 Å². The molecular formula is C71H107N15O17S2. The molecule has 4 saturated heterocycles. The molecule has 17 N–H and O–H groups in total. The highest BCUT2D eigenvalue weighted by molar-refractivity contribution is 8.76. The molecule has 0 bridgehead atoms. The first kappa shape index (κ1) is 85.2. The Morgan fingerprint density at radius 1 is 0.524 bits per heavy atom. The van der Waals surface area contributed by atoms with Crippen molar-refractivity contribution in [2.24, 2.45) is 35.1 Å². The molecule has 0 unspecified atom stereocenters. The van der Waals surface area contributed by atoms with Gasteiger partial charge in [0.15, 0.2) is 0 Å². The molecule has 4 heterocycles. The van der Waals surface area contributed by atoms with E-state index in [1.54, 1.807) is 53.7 Å². The molecular weight excluding hydrogens is 1400 g/mol. The van der Waals surface area contributed by atoms with Crippen molar-refractivity contribution in [2.75, 3.05) is 44.2 Å². The van der Waals surface area contributed by atoms with E-state index in [0.717, 1.165) is 21.6 Å². The zero-order chi connectivity index (χ0) is 77.5. The fraction of sp³-hybridized carbons (Fsp3) is 0.634. The van der Waals surface area contributed by atoms with Crippen LogP contribution in [-0.4, -0.2) is 236 Å². The number of rotatable bonds is 22. The number of nitrogens with zero attached hydrogens (tertiary/aromatic N) is 3. The molecule has 4 aliphatic rings. The predicted octanol–water partition coefficient (Wildman–Crippen LogP) is -0.695. The molecule has 580 valence electrons. The second-order valence-corrected chi connectivity index (χ2v) is 31.2. The zero-order valence-electron chi connectivity index (χ0n) is 61.2. The van der Waals surface area contributed by atoms with Crippen molar-refractivity contribution in [3.63, 3.8) is 0 Å². The van der Waals surface area contributed by atoms with Gasteiger partial charge in [0.2, 0.25) is 76.8 Å². The van der Waals surface area contributed by atoms with Crippen molar-refractivity contribution in [1.29, 1.82) is 0 Å². The number of nitrogens with two attached hydrogens (primary N) is 2. The number of carboxylic acids is 1. The van der Waals surface area contributed by atoms with E-state index in [-0.39, 0.29) is 112 Å². The van der Waals surface area contributed by atoms with Gasteiger partial charge in [-0.15, -0.1) is 0 Å². The number of fused-ring (bicyclic) bond motifs is 3. The van der Waals surface area contributed by atoms with Crippen molar-refractivity contribution >= 4 is 104 Å². The smallest absolute Gasteiger partial charge is 0.326 e. The lowest BCUT2D eigenvalue weighted by molar-refractivity contribution is -0.147. The van der Waals surface area contributed by atoms with Gasteiger partial charge >= 0.3 is 5.97 Å². The number of carbonyl (C=O) groups is 14. The second-order valence-electron chi connectivity index (χ2n) is 28.7. The van der Waals surface area contributed by atoms with Crippen molar-refractivity contribution in [3.05, 3.63) is 59.7 Å². The summed E-state index contributed by atoms with van der Waals surface area (Å²) in [5.74, 6) is -13.5. The van der Waals surface area contributed by atoms with Crippen LogP contribution in [0.15, 0.2) is 48.5 Å². The van der Waals surface area contributed by atoms with Crippen LogP contribution >= 0.6 is 21.6 Å².